The fourth-order valence-electron chi connectivity index (χ4n) is 3.04. The van der Waals surface area contributed by atoms with Crippen molar-refractivity contribution in [1.29, 1.82) is 0 Å². The van der Waals surface area contributed by atoms with Crippen LogP contribution >= 0.6 is 0 Å². The predicted octanol–water partition coefficient (Wildman–Crippen LogP) is 2.17. The topological polar surface area (TPSA) is 67.4 Å². The molecular weight excluding hydrogens is 324 g/mol. The van der Waals surface area contributed by atoms with E-state index in [0.717, 1.165) is 24.1 Å². The summed E-state index contributed by atoms with van der Waals surface area (Å²) in [7, 11) is -2.17. The van der Waals surface area contributed by atoms with Crippen LogP contribution in [0.3, 0.4) is 0 Å². The van der Waals surface area contributed by atoms with Crippen LogP contribution in [0.1, 0.15) is 22.7 Å². The third-order valence-electron chi connectivity index (χ3n) is 4.30. The van der Waals surface area contributed by atoms with Crippen molar-refractivity contribution >= 4 is 10.0 Å². The Morgan fingerprint density at radius 3 is 2.83 bits per heavy atom. The van der Waals surface area contributed by atoms with Crippen molar-refractivity contribution in [2.24, 2.45) is 0 Å². The van der Waals surface area contributed by atoms with Crippen molar-refractivity contribution in [1.82, 2.24) is 10.0 Å². The van der Waals surface area contributed by atoms with E-state index >= 15 is 0 Å². The molecular formula is C18H22N2O3S. The van der Waals surface area contributed by atoms with Gasteiger partial charge in [0.15, 0.2) is 0 Å². The summed E-state index contributed by atoms with van der Waals surface area (Å²) in [6.45, 7) is 3.00. The highest BCUT2D eigenvalue weighted by molar-refractivity contribution is 7.89. The van der Waals surface area contributed by atoms with Gasteiger partial charge in [-0.2, -0.15) is 0 Å². The van der Waals surface area contributed by atoms with Crippen LogP contribution in [0.15, 0.2) is 47.4 Å². The second-order valence-corrected chi connectivity index (χ2v) is 7.70. The molecule has 1 aliphatic heterocycles. The van der Waals surface area contributed by atoms with Gasteiger partial charge in [-0.3, -0.25) is 0 Å². The van der Waals surface area contributed by atoms with E-state index in [1.807, 2.05) is 31.2 Å². The van der Waals surface area contributed by atoms with Gasteiger partial charge >= 0.3 is 0 Å². The van der Waals surface area contributed by atoms with Gasteiger partial charge in [0.05, 0.1) is 7.11 Å². The summed E-state index contributed by atoms with van der Waals surface area (Å²) >= 11 is 0. The highest BCUT2D eigenvalue weighted by atomic mass is 32.2. The van der Waals surface area contributed by atoms with Gasteiger partial charge in [-0.05, 0) is 48.7 Å². The minimum Gasteiger partial charge on any atom is -0.495 e. The molecule has 6 heteroatoms. The molecule has 2 aromatic carbocycles. The lowest BCUT2D eigenvalue weighted by molar-refractivity contribution is 0.402. The number of benzene rings is 2. The van der Waals surface area contributed by atoms with Gasteiger partial charge in [-0.25, -0.2) is 13.1 Å². The average Bonchev–Trinajstić information content (AvgIpc) is 2.60. The number of sulfonamides is 1. The fourth-order valence-corrected chi connectivity index (χ4v) is 4.34. The molecule has 24 heavy (non-hydrogen) atoms. The SMILES string of the molecule is COc1ccc(C)cc1S(=O)(=O)NCC1NCCc2ccccc21. The molecule has 2 aromatic rings. The van der Waals surface area contributed by atoms with E-state index in [-0.39, 0.29) is 10.9 Å². The van der Waals surface area contributed by atoms with Crippen LogP contribution in [0.4, 0.5) is 0 Å². The summed E-state index contributed by atoms with van der Waals surface area (Å²) in [6, 6.07) is 13.3. The van der Waals surface area contributed by atoms with E-state index in [2.05, 4.69) is 16.1 Å². The molecule has 0 saturated heterocycles. The summed E-state index contributed by atoms with van der Waals surface area (Å²) < 4.78 is 33.3. The summed E-state index contributed by atoms with van der Waals surface area (Å²) in [5.41, 5.74) is 3.30. The van der Waals surface area contributed by atoms with Crippen LogP contribution in [-0.2, 0) is 16.4 Å². The summed E-state index contributed by atoms with van der Waals surface area (Å²) in [4.78, 5) is 0.175. The van der Waals surface area contributed by atoms with Crippen LogP contribution in [-0.4, -0.2) is 28.6 Å². The molecule has 0 aromatic heterocycles. The van der Waals surface area contributed by atoms with Gasteiger partial charge in [-0.15, -0.1) is 0 Å². The zero-order valence-corrected chi connectivity index (χ0v) is 14.7. The number of rotatable bonds is 5. The van der Waals surface area contributed by atoms with Gasteiger partial charge in [-0.1, -0.05) is 30.3 Å². The molecule has 1 aliphatic rings. The Morgan fingerprint density at radius 1 is 1.25 bits per heavy atom. The van der Waals surface area contributed by atoms with Crippen LogP contribution < -0.4 is 14.8 Å². The normalized spacial score (nSPS) is 17.3. The first-order chi connectivity index (χ1) is 11.5. The minimum absolute atomic E-state index is 0.0273. The summed E-state index contributed by atoms with van der Waals surface area (Å²) in [5.74, 6) is 0.352. The maximum atomic E-state index is 12.7. The van der Waals surface area contributed by atoms with Gasteiger partial charge in [0.1, 0.15) is 10.6 Å². The Bertz CT molecular complexity index is 834. The Morgan fingerprint density at radius 2 is 2.04 bits per heavy atom. The molecule has 2 N–H and O–H groups in total. The number of methoxy groups -OCH3 is 1. The number of aryl methyl sites for hydroxylation is 1. The second kappa shape index (κ2) is 6.93. The molecule has 3 rings (SSSR count). The number of ether oxygens (including phenoxy) is 1. The molecule has 0 aliphatic carbocycles. The fraction of sp³-hybridized carbons (Fsp3) is 0.333. The zero-order valence-electron chi connectivity index (χ0n) is 13.9. The van der Waals surface area contributed by atoms with E-state index in [4.69, 9.17) is 4.74 Å². The third kappa shape index (κ3) is 3.45. The van der Waals surface area contributed by atoms with Crippen molar-refractivity contribution in [2.45, 2.75) is 24.3 Å². The van der Waals surface area contributed by atoms with Gasteiger partial charge < -0.3 is 10.1 Å². The smallest absolute Gasteiger partial charge is 0.244 e. The highest BCUT2D eigenvalue weighted by Crippen LogP contribution is 2.26. The molecule has 0 bridgehead atoms. The molecule has 1 unspecified atom stereocenters. The number of nitrogens with one attached hydrogen (secondary N) is 2. The Labute approximate surface area is 143 Å². The van der Waals surface area contributed by atoms with E-state index in [1.54, 1.807) is 12.1 Å². The van der Waals surface area contributed by atoms with Crippen molar-refractivity contribution < 1.29 is 13.2 Å². The van der Waals surface area contributed by atoms with E-state index in [0.29, 0.717) is 12.3 Å². The van der Waals surface area contributed by atoms with Crippen LogP contribution in [0.5, 0.6) is 5.75 Å². The van der Waals surface area contributed by atoms with Crippen LogP contribution in [0, 0.1) is 6.92 Å². The average molecular weight is 346 g/mol. The minimum atomic E-state index is -3.64. The molecule has 0 fully saturated rings. The van der Waals surface area contributed by atoms with E-state index in [9.17, 15) is 8.42 Å². The Balaban J connectivity index is 1.81. The third-order valence-corrected chi connectivity index (χ3v) is 5.75. The lowest BCUT2D eigenvalue weighted by Crippen LogP contribution is -2.38. The number of hydrogen-bond donors (Lipinski definition) is 2. The quantitative estimate of drug-likeness (QED) is 0.871. The Kier molecular flexibility index (Phi) is 4.89. The monoisotopic (exact) mass is 346 g/mol. The summed E-state index contributed by atoms with van der Waals surface area (Å²) in [5, 5.41) is 3.38. The maximum absolute atomic E-state index is 12.7. The maximum Gasteiger partial charge on any atom is 0.244 e. The molecule has 5 nitrogen and oxygen atoms in total. The molecule has 0 amide bonds. The predicted molar refractivity (Wildman–Crippen MR) is 93.8 cm³/mol. The van der Waals surface area contributed by atoms with Gasteiger partial charge in [0.2, 0.25) is 10.0 Å². The zero-order chi connectivity index (χ0) is 17.2. The molecule has 1 atom stereocenters. The largest absolute Gasteiger partial charge is 0.495 e. The van der Waals surface area contributed by atoms with Crippen molar-refractivity contribution in [3.63, 3.8) is 0 Å². The molecule has 0 radical (unpaired) electrons. The van der Waals surface area contributed by atoms with Crippen LogP contribution in [0.2, 0.25) is 0 Å². The van der Waals surface area contributed by atoms with Crippen molar-refractivity contribution in [3.05, 3.63) is 59.2 Å². The number of fused-ring (bicyclic) bond motifs is 1. The molecule has 128 valence electrons. The Hall–Kier alpha value is -1.89. The summed E-state index contributed by atoms with van der Waals surface area (Å²) in [6.07, 6.45) is 0.963. The highest BCUT2D eigenvalue weighted by Gasteiger charge is 2.24. The second-order valence-electron chi connectivity index (χ2n) is 5.96. The van der Waals surface area contributed by atoms with Crippen molar-refractivity contribution in [3.8, 4) is 5.75 Å². The van der Waals surface area contributed by atoms with Gasteiger partial charge in [0, 0.05) is 12.6 Å². The first kappa shape index (κ1) is 17.0. The molecule has 0 saturated carbocycles. The molecule has 0 spiro atoms. The van der Waals surface area contributed by atoms with E-state index < -0.39 is 10.0 Å². The lowest BCUT2D eigenvalue weighted by Gasteiger charge is -2.27. The standard InChI is InChI=1S/C18H22N2O3S/c1-13-7-8-17(23-2)18(11-13)24(21,22)20-12-16-15-6-4-3-5-14(15)9-10-19-16/h3-8,11,16,19-20H,9-10,12H2,1-2H3. The first-order valence-electron chi connectivity index (χ1n) is 7.97. The molecule has 1 heterocycles. The first-order valence-corrected chi connectivity index (χ1v) is 9.45. The number of hydrogen-bond acceptors (Lipinski definition) is 4. The lowest BCUT2D eigenvalue weighted by atomic mass is 9.95. The van der Waals surface area contributed by atoms with Crippen LogP contribution in [0.25, 0.3) is 0 Å². The van der Waals surface area contributed by atoms with Crippen molar-refractivity contribution in [2.75, 3.05) is 20.2 Å². The van der Waals surface area contributed by atoms with Gasteiger partial charge in [0.25, 0.3) is 0 Å². The van der Waals surface area contributed by atoms with E-state index in [1.165, 1.54) is 12.7 Å².